The van der Waals surface area contributed by atoms with Crippen LogP contribution in [-0.2, 0) is 0 Å². The maximum absolute atomic E-state index is 3.76. The Bertz CT molecular complexity index is 226. The van der Waals surface area contributed by atoms with E-state index in [9.17, 15) is 0 Å². The van der Waals surface area contributed by atoms with Crippen molar-refractivity contribution in [3.8, 4) is 0 Å². The van der Waals surface area contributed by atoms with Gasteiger partial charge >= 0.3 is 132 Å². The fraction of sp³-hybridized carbons (Fsp3) is 0.778. The summed E-state index contributed by atoms with van der Waals surface area (Å²) < 4.78 is 7.46. The van der Waals surface area contributed by atoms with Gasteiger partial charge in [-0.05, 0) is 0 Å². The van der Waals surface area contributed by atoms with Crippen molar-refractivity contribution < 1.29 is 0 Å². The van der Waals surface area contributed by atoms with Crippen molar-refractivity contribution in [3.63, 3.8) is 0 Å². The zero-order chi connectivity index (χ0) is 15.1. The van der Waals surface area contributed by atoms with E-state index in [1.54, 1.807) is 13.3 Å². The summed E-state index contributed by atoms with van der Waals surface area (Å²) in [5.41, 5.74) is 0. The van der Waals surface area contributed by atoms with Crippen molar-refractivity contribution in [2.75, 3.05) is 13.1 Å². The molecule has 0 rings (SSSR count). The number of unbranched alkanes of at least 4 members (excludes halogenated alkanes) is 3. The molecule has 1 nitrogen and oxygen atoms in total. The molecule has 0 aliphatic heterocycles. The Morgan fingerprint density at radius 3 is 1.75 bits per heavy atom. The Morgan fingerprint density at radius 2 is 1.35 bits per heavy atom. The summed E-state index contributed by atoms with van der Waals surface area (Å²) in [6.07, 6.45) is 12.8. The van der Waals surface area contributed by atoms with E-state index in [0.29, 0.717) is 0 Å². The molecule has 0 radical (unpaired) electrons. The third-order valence-electron chi connectivity index (χ3n) is 4.11. The van der Waals surface area contributed by atoms with Crippen LogP contribution in [0.25, 0.3) is 0 Å². The third-order valence-corrected chi connectivity index (χ3v) is 18.4. The van der Waals surface area contributed by atoms with Gasteiger partial charge in [-0.1, -0.05) is 0 Å². The molecule has 0 atom stereocenters. The molecule has 0 spiro atoms. The number of rotatable bonds is 14. The summed E-state index contributed by atoms with van der Waals surface area (Å²) in [5, 5.41) is 3.40. The van der Waals surface area contributed by atoms with Gasteiger partial charge < -0.3 is 0 Å². The predicted octanol–water partition coefficient (Wildman–Crippen LogP) is 5.71. The van der Waals surface area contributed by atoms with Crippen LogP contribution >= 0.6 is 0 Å². The molecular weight excluding hydrogens is 349 g/mol. The quantitative estimate of drug-likeness (QED) is 0.229. The van der Waals surface area contributed by atoms with Gasteiger partial charge in [-0.2, -0.15) is 0 Å². The Balaban J connectivity index is 4.60. The van der Waals surface area contributed by atoms with Crippen molar-refractivity contribution >= 4 is 18.4 Å². The van der Waals surface area contributed by atoms with Crippen molar-refractivity contribution in [3.05, 3.63) is 22.8 Å². The van der Waals surface area contributed by atoms with Crippen LogP contribution in [0.15, 0.2) is 22.8 Å². The van der Waals surface area contributed by atoms with Gasteiger partial charge in [-0.25, -0.2) is 0 Å². The first-order chi connectivity index (χ1) is 9.74. The van der Waals surface area contributed by atoms with E-state index in [2.05, 4.69) is 42.8 Å². The summed E-state index contributed by atoms with van der Waals surface area (Å²) in [6, 6.07) is 0. The molecule has 0 aliphatic carbocycles. The van der Waals surface area contributed by atoms with Gasteiger partial charge in [0.05, 0.1) is 0 Å². The van der Waals surface area contributed by atoms with E-state index in [0.717, 1.165) is 13.1 Å². The van der Waals surface area contributed by atoms with Crippen LogP contribution in [0, 0.1) is 0 Å². The van der Waals surface area contributed by atoms with Crippen molar-refractivity contribution in [2.45, 2.75) is 72.6 Å². The number of hydrogen-bond donors (Lipinski definition) is 1. The van der Waals surface area contributed by atoms with E-state index in [1.807, 2.05) is 6.08 Å². The van der Waals surface area contributed by atoms with Gasteiger partial charge in [-0.3, -0.25) is 0 Å². The van der Waals surface area contributed by atoms with Gasteiger partial charge in [0.15, 0.2) is 0 Å². The van der Waals surface area contributed by atoms with E-state index < -0.39 is 18.4 Å². The Morgan fingerprint density at radius 1 is 0.850 bits per heavy atom. The summed E-state index contributed by atoms with van der Waals surface area (Å²) in [4.78, 5) is 0. The van der Waals surface area contributed by atoms with Crippen molar-refractivity contribution in [1.29, 1.82) is 0 Å². The average Bonchev–Trinajstić information content (AvgIpc) is 2.48. The molecule has 0 amide bonds. The van der Waals surface area contributed by atoms with Gasteiger partial charge in [0.2, 0.25) is 0 Å². The topological polar surface area (TPSA) is 12.0 Å². The maximum atomic E-state index is 3.76. The molecule has 0 heterocycles. The SMILES string of the molecule is C=CCNCC=[CH][Sn]([CH2]CCC)([CH2]CCC)[CH2]CCC. The minimum absolute atomic E-state index is 0.922. The molecule has 0 saturated carbocycles. The van der Waals surface area contributed by atoms with Gasteiger partial charge in [-0.15, -0.1) is 0 Å². The Hall–Kier alpha value is 0.239. The van der Waals surface area contributed by atoms with Gasteiger partial charge in [0.1, 0.15) is 0 Å². The van der Waals surface area contributed by atoms with E-state index in [4.69, 9.17) is 0 Å². The van der Waals surface area contributed by atoms with Crippen LogP contribution in [0.5, 0.6) is 0 Å². The molecule has 0 aromatic rings. The number of nitrogens with one attached hydrogen (secondary N) is 1. The van der Waals surface area contributed by atoms with E-state index >= 15 is 0 Å². The second-order valence-electron chi connectivity index (χ2n) is 6.02. The first kappa shape index (κ1) is 20.2. The van der Waals surface area contributed by atoms with Crippen LogP contribution in [0.1, 0.15) is 59.3 Å². The second kappa shape index (κ2) is 14.2. The van der Waals surface area contributed by atoms with Crippen molar-refractivity contribution in [2.24, 2.45) is 0 Å². The predicted molar refractivity (Wildman–Crippen MR) is 97.1 cm³/mol. The monoisotopic (exact) mass is 387 g/mol. The molecule has 2 heteroatoms. The number of hydrogen-bond acceptors (Lipinski definition) is 1. The summed E-state index contributed by atoms with van der Waals surface area (Å²) in [7, 11) is 0. The molecule has 0 bridgehead atoms. The minimum atomic E-state index is -2.00. The molecule has 0 saturated heterocycles. The van der Waals surface area contributed by atoms with Crippen LogP contribution in [0.4, 0.5) is 0 Å². The normalized spacial score (nSPS) is 12.2. The Labute approximate surface area is 132 Å². The summed E-state index contributed by atoms with van der Waals surface area (Å²) in [5.74, 6) is 0. The molecular formula is C18H37NSn. The Kier molecular flexibility index (Phi) is 14.4. The zero-order valence-electron chi connectivity index (χ0n) is 14.2. The molecule has 1 N–H and O–H groups in total. The third kappa shape index (κ3) is 10.0. The summed E-state index contributed by atoms with van der Waals surface area (Å²) in [6.45, 7) is 12.7. The fourth-order valence-corrected chi connectivity index (χ4v) is 17.2. The zero-order valence-corrected chi connectivity index (χ0v) is 17.1. The first-order valence-electron chi connectivity index (χ1n) is 8.74. The fourth-order valence-electron chi connectivity index (χ4n) is 2.79. The average molecular weight is 386 g/mol. The second-order valence-corrected chi connectivity index (χ2v) is 19.0. The molecule has 20 heavy (non-hydrogen) atoms. The standard InChI is InChI=1S/C6H10N.3C4H9.Sn/c1-3-5-7-6-4-2;3*1-3-4-2;/h1,3-4,7H,2,5-6H2;3*1,3-4H2,2H3;. The van der Waals surface area contributed by atoms with E-state index in [1.165, 1.54) is 38.5 Å². The first-order valence-corrected chi connectivity index (χ1v) is 16.4. The molecule has 0 aromatic carbocycles. The molecule has 0 unspecified atom stereocenters. The van der Waals surface area contributed by atoms with Gasteiger partial charge in [0.25, 0.3) is 0 Å². The van der Waals surface area contributed by atoms with Crippen LogP contribution in [0.3, 0.4) is 0 Å². The molecule has 0 aromatic heterocycles. The molecule has 0 fully saturated rings. The van der Waals surface area contributed by atoms with Crippen LogP contribution in [0.2, 0.25) is 13.3 Å². The molecule has 118 valence electrons. The summed E-state index contributed by atoms with van der Waals surface area (Å²) >= 11 is -2.00. The van der Waals surface area contributed by atoms with Crippen LogP contribution < -0.4 is 5.32 Å². The molecule has 0 aliphatic rings. The van der Waals surface area contributed by atoms with Gasteiger partial charge in [0, 0.05) is 0 Å². The van der Waals surface area contributed by atoms with Crippen LogP contribution in [-0.4, -0.2) is 31.5 Å². The van der Waals surface area contributed by atoms with Crippen molar-refractivity contribution in [1.82, 2.24) is 5.32 Å². The van der Waals surface area contributed by atoms with E-state index in [-0.39, 0.29) is 0 Å².